The Morgan fingerprint density at radius 2 is 1.83 bits per heavy atom. The van der Waals surface area contributed by atoms with Gasteiger partial charge >= 0.3 is 0 Å². The highest BCUT2D eigenvalue weighted by molar-refractivity contribution is 5.39. The number of benzene rings is 2. The van der Waals surface area contributed by atoms with Gasteiger partial charge in [-0.3, -0.25) is 0 Å². The average Bonchev–Trinajstić information content (AvgIpc) is 3.39. The molecule has 6 nitrogen and oxygen atoms in total. The Morgan fingerprint density at radius 1 is 1.07 bits per heavy atom. The predicted octanol–water partition coefficient (Wildman–Crippen LogP) is 4.36. The van der Waals surface area contributed by atoms with Crippen LogP contribution in [0.3, 0.4) is 0 Å². The van der Waals surface area contributed by atoms with Gasteiger partial charge in [0.25, 0.3) is 0 Å². The van der Waals surface area contributed by atoms with E-state index in [0.29, 0.717) is 12.2 Å². The van der Waals surface area contributed by atoms with Crippen molar-refractivity contribution in [3.63, 3.8) is 0 Å². The summed E-state index contributed by atoms with van der Waals surface area (Å²) in [5.74, 6) is 0.518. The third-order valence-corrected chi connectivity index (χ3v) is 5.18. The first-order chi connectivity index (χ1) is 14.6. The zero-order valence-electron chi connectivity index (χ0n) is 17.2. The molecule has 1 unspecified atom stereocenters. The lowest BCUT2D eigenvalue weighted by Crippen LogP contribution is -2.18. The highest BCUT2D eigenvalue weighted by Gasteiger charge is 2.15. The molecule has 0 radical (unpaired) electrons. The molecule has 0 aliphatic carbocycles. The van der Waals surface area contributed by atoms with Crippen molar-refractivity contribution in [1.82, 2.24) is 24.9 Å². The molecular formula is C23H24FN5O. The summed E-state index contributed by atoms with van der Waals surface area (Å²) in [6, 6.07) is 14.5. The predicted molar refractivity (Wildman–Crippen MR) is 114 cm³/mol. The lowest BCUT2D eigenvalue weighted by molar-refractivity contribution is 0.414. The van der Waals surface area contributed by atoms with Crippen molar-refractivity contribution in [2.45, 2.75) is 26.4 Å². The number of ether oxygens (including phenoxy) is 1. The van der Waals surface area contributed by atoms with Gasteiger partial charge in [0.15, 0.2) is 0 Å². The number of para-hydroxylation sites is 1. The van der Waals surface area contributed by atoms with Gasteiger partial charge in [-0.1, -0.05) is 12.1 Å². The van der Waals surface area contributed by atoms with Gasteiger partial charge in [-0.2, -0.15) is 10.2 Å². The average molecular weight is 405 g/mol. The number of hydrogen-bond acceptors (Lipinski definition) is 4. The molecule has 0 amide bonds. The van der Waals surface area contributed by atoms with Gasteiger partial charge in [-0.05, 0) is 50.2 Å². The zero-order valence-corrected chi connectivity index (χ0v) is 17.2. The maximum absolute atomic E-state index is 14.0. The van der Waals surface area contributed by atoms with Gasteiger partial charge in [0.2, 0.25) is 0 Å². The Balaban J connectivity index is 1.44. The molecule has 2 heterocycles. The number of nitrogens with one attached hydrogen (secondary N) is 1. The third-order valence-electron chi connectivity index (χ3n) is 5.18. The standard InChI is InChI=1S/C23H24FN5O/c1-16(21-14-27-29(17(21)2)19-8-10-20(30-3)11-9-19)25-12-18-13-26-28(15-18)23-7-5-4-6-22(23)24/h4-11,13-16,25H,12H2,1-3H3. The van der Waals surface area contributed by atoms with Crippen molar-refractivity contribution in [2.24, 2.45) is 0 Å². The van der Waals surface area contributed by atoms with Crippen molar-refractivity contribution in [1.29, 1.82) is 0 Å². The topological polar surface area (TPSA) is 56.9 Å². The zero-order chi connectivity index (χ0) is 21.1. The molecule has 7 heteroatoms. The quantitative estimate of drug-likeness (QED) is 0.496. The summed E-state index contributed by atoms with van der Waals surface area (Å²) in [6.45, 7) is 4.77. The van der Waals surface area contributed by atoms with E-state index in [-0.39, 0.29) is 11.9 Å². The van der Waals surface area contributed by atoms with E-state index >= 15 is 0 Å². The molecule has 4 aromatic rings. The summed E-state index contributed by atoms with van der Waals surface area (Å²) in [4.78, 5) is 0. The molecule has 0 bridgehead atoms. The lowest BCUT2D eigenvalue weighted by atomic mass is 10.1. The van der Waals surface area contributed by atoms with Crippen molar-refractivity contribution < 1.29 is 9.13 Å². The van der Waals surface area contributed by atoms with Crippen LogP contribution < -0.4 is 10.1 Å². The summed E-state index contributed by atoms with van der Waals surface area (Å²) in [6.07, 6.45) is 5.48. The first kappa shape index (κ1) is 19.8. The number of rotatable bonds is 7. The van der Waals surface area contributed by atoms with E-state index in [0.717, 1.165) is 28.3 Å². The third kappa shape index (κ3) is 3.97. The first-order valence-corrected chi connectivity index (χ1v) is 9.77. The van der Waals surface area contributed by atoms with Crippen LogP contribution in [0, 0.1) is 12.7 Å². The van der Waals surface area contributed by atoms with Crippen LogP contribution in [0.4, 0.5) is 4.39 Å². The van der Waals surface area contributed by atoms with E-state index < -0.39 is 0 Å². The van der Waals surface area contributed by atoms with E-state index in [1.54, 1.807) is 36.2 Å². The van der Waals surface area contributed by atoms with Gasteiger partial charge in [-0.15, -0.1) is 0 Å². The second-order valence-electron chi connectivity index (χ2n) is 7.14. The Hall–Kier alpha value is -3.45. The molecule has 2 aromatic heterocycles. The highest BCUT2D eigenvalue weighted by Crippen LogP contribution is 2.22. The summed E-state index contributed by atoms with van der Waals surface area (Å²) in [5.41, 5.74) is 4.59. The maximum atomic E-state index is 14.0. The highest BCUT2D eigenvalue weighted by atomic mass is 19.1. The smallest absolute Gasteiger partial charge is 0.148 e. The summed E-state index contributed by atoms with van der Waals surface area (Å²) in [5, 5.41) is 12.3. The Bertz CT molecular complexity index is 1130. The van der Waals surface area contributed by atoms with E-state index in [4.69, 9.17) is 4.74 Å². The number of nitrogens with zero attached hydrogens (tertiary/aromatic N) is 4. The Morgan fingerprint density at radius 3 is 2.57 bits per heavy atom. The van der Waals surface area contributed by atoms with Crippen molar-refractivity contribution in [2.75, 3.05) is 7.11 Å². The first-order valence-electron chi connectivity index (χ1n) is 9.77. The number of hydrogen-bond donors (Lipinski definition) is 1. The van der Waals surface area contributed by atoms with Crippen LogP contribution in [0.15, 0.2) is 67.1 Å². The number of halogens is 1. The van der Waals surface area contributed by atoms with Crippen molar-refractivity contribution >= 4 is 0 Å². The fourth-order valence-electron chi connectivity index (χ4n) is 3.43. The van der Waals surface area contributed by atoms with Crippen molar-refractivity contribution in [3.05, 3.63) is 89.8 Å². The molecular weight excluding hydrogens is 381 g/mol. The second kappa shape index (κ2) is 8.51. The van der Waals surface area contributed by atoms with Crippen LogP contribution in [-0.4, -0.2) is 26.7 Å². The van der Waals surface area contributed by atoms with Crippen LogP contribution in [0.5, 0.6) is 5.75 Å². The van der Waals surface area contributed by atoms with Gasteiger partial charge in [0.05, 0.1) is 25.2 Å². The minimum absolute atomic E-state index is 0.0915. The normalized spacial score (nSPS) is 12.1. The van der Waals surface area contributed by atoms with E-state index in [2.05, 4.69) is 29.4 Å². The van der Waals surface area contributed by atoms with Crippen molar-refractivity contribution in [3.8, 4) is 17.1 Å². The molecule has 0 fully saturated rings. The van der Waals surface area contributed by atoms with E-state index in [1.807, 2.05) is 41.3 Å². The Kier molecular flexibility index (Phi) is 5.63. The minimum Gasteiger partial charge on any atom is -0.497 e. The maximum Gasteiger partial charge on any atom is 0.148 e. The van der Waals surface area contributed by atoms with Crippen LogP contribution in [0.1, 0.15) is 29.8 Å². The largest absolute Gasteiger partial charge is 0.497 e. The van der Waals surface area contributed by atoms with Crippen LogP contribution >= 0.6 is 0 Å². The van der Waals surface area contributed by atoms with Gasteiger partial charge in [0.1, 0.15) is 17.3 Å². The molecule has 1 atom stereocenters. The van der Waals surface area contributed by atoms with E-state index in [9.17, 15) is 4.39 Å². The molecule has 0 aliphatic rings. The molecule has 0 spiro atoms. The lowest BCUT2D eigenvalue weighted by Gasteiger charge is -2.13. The molecule has 0 saturated heterocycles. The molecule has 0 saturated carbocycles. The molecule has 154 valence electrons. The minimum atomic E-state index is -0.296. The van der Waals surface area contributed by atoms with Gasteiger partial charge < -0.3 is 10.1 Å². The van der Waals surface area contributed by atoms with Gasteiger partial charge in [0, 0.05) is 35.6 Å². The summed E-state index contributed by atoms with van der Waals surface area (Å²) >= 11 is 0. The number of methoxy groups -OCH3 is 1. The second-order valence-corrected chi connectivity index (χ2v) is 7.14. The fraction of sp³-hybridized carbons (Fsp3) is 0.217. The molecule has 30 heavy (non-hydrogen) atoms. The Labute approximate surface area is 174 Å². The fourth-order valence-corrected chi connectivity index (χ4v) is 3.43. The molecule has 1 N–H and O–H groups in total. The molecule has 4 rings (SSSR count). The molecule has 2 aromatic carbocycles. The monoisotopic (exact) mass is 405 g/mol. The van der Waals surface area contributed by atoms with Gasteiger partial charge in [-0.25, -0.2) is 13.8 Å². The number of aromatic nitrogens is 4. The van der Waals surface area contributed by atoms with E-state index in [1.165, 1.54) is 6.07 Å². The summed E-state index contributed by atoms with van der Waals surface area (Å²) in [7, 11) is 1.65. The van der Waals surface area contributed by atoms with Crippen LogP contribution in [0.25, 0.3) is 11.4 Å². The molecule has 0 aliphatic heterocycles. The SMILES string of the molecule is COc1ccc(-n2ncc(C(C)NCc3cnn(-c4ccccc4F)c3)c2C)cc1. The summed E-state index contributed by atoms with van der Waals surface area (Å²) < 4.78 is 22.7. The van der Waals surface area contributed by atoms with Crippen LogP contribution in [0.2, 0.25) is 0 Å². The van der Waals surface area contributed by atoms with Crippen LogP contribution in [-0.2, 0) is 6.54 Å².